The number of hydrogen-bond acceptors (Lipinski definition) is 7. The van der Waals surface area contributed by atoms with Gasteiger partial charge in [-0.3, -0.25) is 19.9 Å². The second kappa shape index (κ2) is 7.94. The van der Waals surface area contributed by atoms with Gasteiger partial charge in [0.15, 0.2) is 0 Å². The van der Waals surface area contributed by atoms with Crippen molar-refractivity contribution in [2.75, 3.05) is 18.6 Å². The number of phenols is 1. The number of aromatic hydroxyl groups is 1. The molecule has 8 heteroatoms. The first kappa shape index (κ1) is 19.6. The Hall–Kier alpha value is -3.75. The van der Waals surface area contributed by atoms with E-state index >= 15 is 0 Å². The summed E-state index contributed by atoms with van der Waals surface area (Å²) in [7, 11) is 0. The quantitative estimate of drug-likeness (QED) is 0.282. The van der Waals surface area contributed by atoms with Gasteiger partial charge in [0.05, 0.1) is 31.2 Å². The standard InChI is InChI=1S/C22H19N3O5/c26-11-14(12-27)25-21(29)17-6-2-5-16-19(8-7-18(20(16)17)22(25)30)24-23-10-13-3-1-4-15(28)9-13/h1-10,14,24,26-28H,11-12H2/b23-10+. The van der Waals surface area contributed by atoms with Gasteiger partial charge >= 0.3 is 0 Å². The summed E-state index contributed by atoms with van der Waals surface area (Å²) in [5.41, 5.74) is 4.84. The molecule has 0 radical (unpaired) electrons. The van der Waals surface area contributed by atoms with Crippen LogP contribution in [-0.4, -0.2) is 57.5 Å². The third kappa shape index (κ3) is 3.28. The van der Waals surface area contributed by atoms with Crippen molar-refractivity contribution < 1.29 is 24.9 Å². The smallest absolute Gasteiger partial charge is 0.261 e. The van der Waals surface area contributed by atoms with Crippen molar-refractivity contribution >= 4 is 34.5 Å². The fraction of sp³-hybridized carbons (Fsp3) is 0.136. The van der Waals surface area contributed by atoms with Gasteiger partial charge in [-0.05, 0) is 35.9 Å². The molecule has 0 fully saturated rings. The number of rotatable bonds is 6. The van der Waals surface area contributed by atoms with E-state index in [1.54, 1.807) is 60.8 Å². The van der Waals surface area contributed by atoms with Crippen molar-refractivity contribution in [2.45, 2.75) is 6.04 Å². The normalized spacial score (nSPS) is 13.6. The van der Waals surface area contributed by atoms with Crippen LogP contribution in [0.5, 0.6) is 5.75 Å². The van der Waals surface area contributed by atoms with Gasteiger partial charge in [0.2, 0.25) is 0 Å². The number of hydrogen-bond donors (Lipinski definition) is 4. The average Bonchev–Trinajstić information content (AvgIpc) is 2.75. The monoisotopic (exact) mass is 405 g/mol. The Balaban J connectivity index is 1.73. The lowest BCUT2D eigenvalue weighted by molar-refractivity contribution is 0.0375. The molecule has 0 aliphatic carbocycles. The summed E-state index contributed by atoms with van der Waals surface area (Å²) in [6.07, 6.45) is 1.54. The average molecular weight is 405 g/mol. The Morgan fingerprint density at radius 1 is 0.967 bits per heavy atom. The van der Waals surface area contributed by atoms with Gasteiger partial charge in [-0.2, -0.15) is 5.10 Å². The van der Waals surface area contributed by atoms with Crippen molar-refractivity contribution in [1.82, 2.24) is 4.90 Å². The lowest BCUT2D eigenvalue weighted by Crippen LogP contribution is -2.50. The minimum atomic E-state index is -1.00. The lowest BCUT2D eigenvalue weighted by atomic mass is 9.92. The second-order valence-corrected chi connectivity index (χ2v) is 6.85. The van der Waals surface area contributed by atoms with E-state index in [1.165, 1.54) is 0 Å². The van der Waals surface area contributed by atoms with Crippen molar-refractivity contribution in [2.24, 2.45) is 5.10 Å². The largest absolute Gasteiger partial charge is 0.508 e. The number of aliphatic hydroxyl groups excluding tert-OH is 2. The molecule has 152 valence electrons. The maximum atomic E-state index is 12.9. The predicted octanol–water partition coefficient (Wildman–Crippen LogP) is 1.94. The molecule has 0 atom stereocenters. The number of imide groups is 1. The number of phenolic OH excluding ortho intramolecular Hbond substituents is 1. The molecule has 2 amide bonds. The molecule has 30 heavy (non-hydrogen) atoms. The van der Waals surface area contributed by atoms with E-state index in [4.69, 9.17) is 0 Å². The number of amides is 2. The molecular formula is C22H19N3O5. The van der Waals surface area contributed by atoms with E-state index < -0.39 is 31.1 Å². The Bertz CT molecular complexity index is 1150. The van der Waals surface area contributed by atoms with Crippen molar-refractivity contribution in [1.29, 1.82) is 0 Å². The number of benzene rings is 3. The highest BCUT2D eigenvalue weighted by Crippen LogP contribution is 2.35. The lowest BCUT2D eigenvalue weighted by Gasteiger charge is -2.32. The summed E-state index contributed by atoms with van der Waals surface area (Å²) >= 11 is 0. The number of anilines is 1. The van der Waals surface area contributed by atoms with Crippen LogP contribution in [0, 0.1) is 0 Å². The minimum absolute atomic E-state index is 0.131. The first-order valence-corrected chi connectivity index (χ1v) is 9.28. The zero-order chi connectivity index (χ0) is 21.3. The topological polar surface area (TPSA) is 122 Å². The van der Waals surface area contributed by atoms with E-state index in [-0.39, 0.29) is 5.75 Å². The molecule has 0 saturated carbocycles. The summed E-state index contributed by atoms with van der Waals surface area (Å²) < 4.78 is 0. The number of carbonyl (C=O) groups excluding carboxylic acids is 2. The van der Waals surface area contributed by atoms with Gasteiger partial charge in [-0.15, -0.1) is 0 Å². The van der Waals surface area contributed by atoms with Crippen molar-refractivity contribution in [3.05, 3.63) is 71.3 Å². The van der Waals surface area contributed by atoms with Crippen molar-refractivity contribution in [3.8, 4) is 5.75 Å². The van der Waals surface area contributed by atoms with Crippen LogP contribution in [0.2, 0.25) is 0 Å². The Labute approximate surface area is 171 Å². The van der Waals surface area contributed by atoms with Crippen molar-refractivity contribution in [3.63, 3.8) is 0 Å². The third-order valence-corrected chi connectivity index (χ3v) is 4.99. The van der Waals surface area contributed by atoms with Crippen LogP contribution >= 0.6 is 0 Å². The van der Waals surface area contributed by atoms with Crippen LogP contribution in [0.3, 0.4) is 0 Å². The summed E-state index contributed by atoms with van der Waals surface area (Å²) in [4.78, 5) is 26.8. The summed E-state index contributed by atoms with van der Waals surface area (Å²) in [5, 5.41) is 33.8. The number of aliphatic hydroxyl groups is 2. The van der Waals surface area contributed by atoms with E-state index in [0.717, 1.165) is 4.90 Å². The summed E-state index contributed by atoms with van der Waals surface area (Å²) in [6, 6.07) is 14.0. The van der Waals surface area contributed by atoms with Gasteiger partial charge in [0.25, 0.3) is 11.8 Å². The van der Waals surface area contributed by atoms with Gasteiger partial charge in [0.1, 0.15) is 5.75 Å². The Morgan fingerprint density at radius 2 is 1.67 bits per heavy atom. The first-order chi connectivity index (χ1) is 14.5. The first-order valence-electron chi connectivity index (χ1n) is 9.28. The van der Waals surface area contributed by atoms with Gasteiger partial charge < -0.3 is 15.3 Å². The van der Waals surface area contributed by atoms with Crippen LogP contribution in [0.4, 0.5) is 5.69 Å². The van der Waals surface area contributed by atoms with E-state index in [2.05, 4.69) is 10.5 Å². The van der Waals surface area contributed by atoms with E-state index in [0.29, 0.717) is 33.2 Å². The maximum absolute atomic E-state index is 12.9. The number of hydrazone groups is 1. The van der Waals surface area contributed by atoms with Gasteiger partial charge in [0, 0.05) is 21.9 Å². The highest BCUT2D eigenvalue weighted by atomic mass is 16.3. The summed E-state index contributed by atoms with van der Waals surface area (Å²) in [6.45, 7) is -1.05. The minimum Gasteiger partial charge on any atom is -0.508 e. The highest BCUT2D eigenvalue weighted by Gasteiger charge is 2.37. The molecule has 3 aromatic rings. The van der Waals surface area contributed by atoms with Gasteiger partial charge in [-0.1, -0.05) is 24.3 Å². The number of carbonyl (C=O) groups is 2. The molecular weight excluding hydrogens is 386 g/mol. The van der Waals surface area contributed by atoms with Crippen LogP contribution in [0.15, 0.2) is 59.7 Å². The molecule has 3 aromatic carbocycles. The molecule has 1 aliphatic heterocycles. The fourth-order valence-electron chi connectivity index (χ4n) is 3.55. The Morgan fingerprint density at radius 3 is 2.37 bits per heavy atom. The number of nitrogens with one attached hydrogen (secondary N) is 1. The van der Waals surface area contributed by atoms with Crippen LogP contribution in [-0.2, 0) is 0 Å². The molecule has 1 heterocycles. The summed E-state index contributed by atoms with van der Waals surface area (Å²) in [5.74, 6) is -0.996. The molecule has 1 aliphatic rings. The maximum Gasteiger partial charge on any atom is 0.261 e. The zero-order valence-electron chi connectivity index (χ0n) is 15.8. The molecule has 8 nitrogen and oxygen atoms in total. The van der Waals surface area contributed by atoms with Crippen LogP contribution in [0.25, 0.3) is 10.8 Å². The molecule has 4 rings (SSSR count). The fourth-order valence-corrected chi connectivity index (χ4v) is 3.55. The molecule has 4 N–H and O–H groups in total. The molecule has 0 bridgehead atoms. The third-order valence-electron chi connectivity index (χ3n) is 4.99. The van der Waals surface area contributed by atoms with E-state index in [9.17, 15) is 24.9 Å². The molecule has 0 unspecified atom stereocenters. The second-order valence-electron chi connectivity index (χ2n) is 6.85. The molecule has 0 aromatic heterocycles. The molecule has 0 saturated heterocycles. The number of nitrogens with zero attached hydrogens (tertiary/aromatic N) is 2. The van der Waals surface area contributed by atoms with E-state index in [1.807, 2.05) is 0 Å². The predicted molar refractivity (Wildman–Crippen MR) is 112 cm³/mol. The van der Waals surface area contributed by atoms with Gasteiger partial charge in [-0.25, -0.2) is 0 Å². The SMILES string of the molecule is O=C1c2cccc3c(N/N=C/c4cccc(O)c4)ccc(c23)C(=O)N1C(CO)CO. The van der Waals surface area contributed by atoms with Crippen LogP contribution < -0.4 is 5.43 Å². The van der Waals surface area contributed by atoms with Crippen LogP contribution in [0.1, 0.15) is 26.3 Å². The zero-order valence-corrected chi connectivity index (χ0v) is 15.8. The highest BCUT2D eigenvalue weighted by molar-refractivity contribution is 6.27. The Kier molecular flexibility index (Phi) is 5.18. The molecule has 0 spiro atoms.